The minimum atomic E-state index is -1.40. The molecule has 1 unspecified atom stereocenters. The minimum Gasteiger partial charge on any atom is -0.479 e. The van der Waals surface area contributed by atoms with Crippen LogP contribution in [0.4, 0.5) is 4.39 Å². The van der Waals surface area contributed by atoms with Crippen LogP contribution in [0.3, 0.4) is 0 Å². The second-order valence-corrected chi connectivity index (χ2v) is 5.06. The topological polar surface area (TPSA) is 91.4 Å². The van der Waals surface area contributed by atoms with E-state index in [9.17, 15) is 19.1 Å². The fourth-order valence-corrected chi connectivity index (χ4v) is 2.40. The van der Waals surface area contributed by atoms with Gasteiger partial charge in [-0.2, -0.15) is 0 Å². The summed E-state index contributed by atoms with van der Waals surface area (Å²) in [7, 11) is 0. The summed E-state index contributed by atoms with van der Waals surface area (Å²) in [4.78, 5) is 26.4. The highest BCUT2D eigenvalue weighted by Gasteiger charge is 2.44. The van der Waals surface area contributed by atoms with Gasteiger partial charge in [-0.15, -0.1) is 0 Å². The lowest BCUT2D eigenvalue weighted by Gasteiger charge is -2.23. The van der Waals surface area contributed by atoms with Crippen LogP contribution in [0.15, 0.2) is 24.3 Å². The van der Waals surface area contributed by atoms with Crippen LogP contribution in [0.1, 0.15) is 16.9 Å². The Morgan fingerprint density at radius 2 is 2.19 bits per heavy atom. The summed E-state index contributed by atoms with van der Waals surface area (Å²) in [5, 5.41) is 12.3. The highest BCUT2D eigenvalue weighted by atomic mass is 19.1. The number of rotatable bonds is 3. The Hall–Kier alpha value is -2.41. The molecule has 7 heteroatoms. The van der Waals surface area contributed by atoms with Crippen molar-refractivity contribution >= 4 is 22.8 Å². The molecule has 3 rings (SSSR count). The molecule has 1 aromatic carbocycles. The number of aliphatic carboxylic acids is 1. The number of aromatic nitrogens is 1. The lowest BCUT2D eigenvalue weighted by molar-refractivity contribution is -0.144. The standard InChI is InChI=1S/C14H13FN2O4/c15-9-1-2-10-8(5-9)6-11(16-10)12(18)17-14(13(19)20)3-4-21-7-14/h1-2,5-6,16H,3-4,7H2,(H,17,18)(H,19,20). The first kappa shape index (κ1) is 13.6. The van der Waals surface area contributed by atoms with E-state index in [1.54, 1.807) is 0 Å². The highest BCUT2D eigenvalue weighted by Crippen LogP contribution is 2.21. The maximum Gasteiger partial charge on any atom is 0.331 e. The summed E-state index contributed by atoms with van der Waals surface area (Å²) in [5.41, 5.74) is -0.615. The molecule has 1 amide bonds. The molecule has 1 atom stereocenters. The number of hydrogen-bond acceptors (Lipinski definition) is 3. The predicted molar refractivity (Wildman–Crippen MR) is 71.5 cm³/mol. The molecule has 21 heavy (non-hydrogen) atoms. The first-order valence-electron chi connectivity index (χ1n) is 6.42. The first-order valence-corrected chi connectivity index (χ1v) is 6.42. The molecule has 6 nitrogen and oxygen atoms in total. The lowest BCUT2D eigenvalue weighted by atomic mass is 9.99. The van der Waals surface area contributed by atoms with Gasteiger partial charge in [0.1, 0.15) is 11.5 Å². The van der Waals surface area contributed by atoms with Crippen molar-refractivity contribution in [1.82, 2.24) is 10.3 Å². The zero-order valence-electron chi connectivity index (χ0n) is 11.0. The molecule has 0 radical (unpaired) electrons. The van der Waals surface area contributed by atoms with Crippen LogP contribution in [0.25, 0.3) is 10.9 Å². The molecule has 0 spiro atoms. The number of amides is 1. The molecule has 110 valence electrons. The maximum absolute atomic E-state index is 13.1. The van der Waals surface area contributed by atoms with E-state index in [0.717, 1.165) is 0 Å². The van der Waals surface area contributed by atoms with E-state index < -0.39 is 23.2 Å². The van der Waals surface area contributed by atoms with E-state index in [0.29, 0.717) is 10.9 Å². The number of fused-ring (bicyclic) bond motifs is 1. The number of aromatic amines is 1. The molecule has 1 aliphatic rings. The van der Waals surface area contributed by atoms with Crippen molar-refractivity contribution < 1.29 is 23.8 Å². The van der Waals surface area contributed by atoms with Crippen molar-refractivity contribution in [3.8, 4) is 0 Å². The minimum absolute atomic E-state index is 0.0665. The first-order chi connectivity index (χ1) is 10.00. The molecule has 1 fully saturated rings. The quantitative estimate of drug-likeness (QED) is 0.794. The van der Waals surface area contributed by atoms with E-state index in [-0.39, 0.29) is 25.3 Å². The molecule has 3 N–H and O–H groups in total. The largest absolute Gasteiger partial charge is 0.479 e. The molecule has 1 aromatic heterocycles. The molecule has 0 aliphatic carbocycles. The summed E-state index contributed by atoms with van der Waals surface area (Å²) in [6.07, 6.45) is 0.211. The van der Waals surface area contributed by atoms with Gasteiger partial charge in [0.25, 0.3) is 5.91 Å². The van der Waals surface area contributed by atoms with E-state index in [1.165, 1.54) is 24.3 Å². The number of H-pyrrole nitrogens is 1. The average molecular weight is 292 g/mol. The number of ether oxygens (including phenoxy) is 1. The Morgan fingerprint density at radius 1 is 1.38 bits per heavy atom. The maximum atomic E-state index is 13.1. The van der Waals surface area contributed by atoms with Gasteiger partial charge in [0.15, 0.2) is 5.54 Å². The number of hydrogen-bond donors (Lipinski definition) is 3. The summed E-state index contributed by atoms with van der Waals surface area (Å²) in [6, 6.07) is 5.59. The summed E-state index contributed by atoms with van der Waals surface area (Å²) >= 11 is 0. The van der Waals surface area contributed by atoms with Crippen molar-refractivity contribution in [2.75, 3.05) is 13.2 Å². The average Bonchev–Trinajstić information content (AvgIpc) is 3.05. The summed E-state index contributed by atoms with van der Waals surface area (Å²) < 4.78 is 18.2. The Labute approximate surface area is 118 Å². The van der Waals surface area contributed by atoms with Crippen molar-refractivity contribution in [2.45, 2.75) is 12.0 Å². The van der Waals surface area contributed by atoms with E-state index in [2.05, 4.69) is 10.3 Å². The number of carboxylic acid groups (broad SMARTS) is 1. The normalized spacial score (nSPS) is 21.6. The second-order valence-electron chi connectivity index (χ2n) is 5.06. The van der Waals surface area contributed by atoms with Crippen LogP contribution in [0, 0.1) is 5.82 Å². The van der Waals surface area contributed by atoms with Gasteiger partial charge < -0.3 is 20.1 Å². The zero-order chi connectivity index (χ0) is 15.0. The van der Waals surface area contributed by atoms with Crippen LogP contribution >= 0.6 is 0 Å². The van der Waals surface area contributed by atoms with Crippen molar-refractivity contribution in [3.05, 3.63) is 35.8 Å². The fraction of sp³-hybridized carbons (Fsp3) is 0.286. The molecule has 1 aliphatic heterocycles. The van der Waals surface area contributed by atoms with Crippen LogP contribution in [-0.4, -0.2) is 40.7 Å². The molecular formula is C14H13FN2O4. The van der Waals surface area contributed by atoms with Crippen molar-refractivity contribution in [3.63, 3.8) is 0 Å². The lowest BCUT2D eigenvalue weighted by Crippen LogP contribution is -2.55. The van der Waals surface area contributed by atoms with E-state index in [1.807, 2.05) is 0 Å². The van der Waals surface area contributed by atoms with Crippen LogP contribution < -0.4 is 5.32 Å². The number of carboxylic acids is 1. The van der Waals surface area contributed by atoms with Crippen LogP contribution in [0.2, 0.25) is 0 Å². The van der Waals surface area contributed by atoms with Gasteiger partial charge in [-0.3, -0.25) is 4.79 Å². The Morgan fingerprint density at radius 3 is 2.86 bits per heavy atom. The molecule has 0 saturated carbocycles. The fourth-order valence-electron chi connectivity index (χ4n) is 2.40. The Bertz CT molecular complexity index is 719. The van der Waals surface area contributed by atoms with Gasteiger partial charge in [-0.1, -0.05) is 0 Å². The zero-order valence-corrected chi connectivity index (χ0v) is 11.0. The van der Waals surface area contributed by atoms with Gasteiger partial charge in [0, 0.05) is 23.9 Å². The van der Waals surface area contributed by atoms with Gasteiger partial charge in [-0.05, 0) is 24.3 Å². The molecule has 2 aromatic rings. The predicted octanol–water partition coefficient (Wildman–Crippen LogP) is 1.28. The number of carbonyl (C=O) groups is 2. The van der Waals surface area contributed by atoms with Crippen molar-refractivity contribution in [2.24, 2.45) is 0 Å². The third kappa shape index (κ3) is 2.36. The van der Waals surface area contributed by atoms with Crippen molar-refractivity contribution in [1.29, 1.82) is 0 Å². The van der Waals surface area contributed by atoms with Crippen LogP contribution in [0.5, 0.6) is 0 Å². The number of nitrogens with one attached hydrogen (secondary N) is 2. The smallest absolute Gasteiger partial charge is 0.331 e. The highest BCUT2D eigenvalue weighted by molar-refractivity contribution is 6.00. The van der Waals surface area contributed by atoms with Gasteiger partial charge in [0.05, 0.1) is 6.61 Å². The monoisotopic (exact) mass is 292 g/mol. The molecule has 0 bridgehead atoms. The van der Waals surface area contributed by atoms with Gasteiger partial charge in [0.2, 0.25) is 0 Å². The third-order valence-electron chi connectivity index (χ3n) is 3.61. The van der Waals surface area contributed by atoms with E-state index in [4.69, 9.17) is 4.74 Å². The molecule has 2 heterocycles. The summed E-state index contributed by atoms with van der Waals surface area (Å²) in [5.74, 6) is -2.09. The van der Waals surface area contributed by atoms with Crippen LogP contribution in [-0.2, 0) is 9.53 Å². The third-order valence-corrected chi connectivity index (χ3v) is 3.61. The summed E-state index contributed by atoms with van der Waals surface area (Å²) in [6.45, 7) is 0.216. The Kier molecular flexibility index (Phi) is 3.13. The SMILES string of the molecule is O=C(NC1(C(=O)O)CCOC1)c1cc2cc(F)ccc2[nH]1. The molecular weight excluding hydrogens is 279 g/mol. The van der Waals surface area contributed by atoms with E-state index >= 15 is 0 Å². The van der Waals surface area contributed by atoms with Gasteiger partial charge in [-0.25, -0.2) is 9.18 Å². The number of carbonyl (C=O) groups excluding carboxylic acids is 1. The Balaban J connectivity index is 1.88. The number of benzene rings is 1. The second kappa shape index (κ2) is 4.85. The number of halogens is 1. The molecule has 1 saturated heterocycles. The van der Waals surface area contributed by atoms with Gasteiger partial charge >= 0.3 is 5.97 Å².